The third kappa shape index (κ3) is 3.97. The second-order valence-corrected chi connectivity index (χ2v) is 14.1. The van der Waals surface area contributed by atoms with Crippen molar-refractivity contribution >= 4 is 50.4 Å². The monoisotopic (exact) mass is 524 g/mol. The molecule has 0 saturated carbocycles. The fourth-order valence-corrected chi connectivity index (χ4v) is 11.2. The first kappa shape index (κ1) is 17.4. The molecule has 3 nitrogen and oxygen atoms in total. The first-order valence-corrected chi connectivity index (χ1v) is 12.9. The topological polar surface area (TPSA) is 51.2 Å². The minimum absolute atomic E-state index is 0.653. The van der Waals surface area contributed by atoms with Crippen LogP contribution in [0.15, 0.2) is 72.8 Å². The molecular formula is C21H15BiO3. The summed E-state index contributed by atoms with van der Waals surface area (Å²) in [6.07, 6.45) is 2.52. The predicted molar refractivity (Wildman–Crippen MR) is 100 cm³/mol. The zero-order chi connectivity index (χ0) is 17.6. The summed E-state index contributed by atoms with van der Waals surface area (Å²) in [6, 6.07) is 23.1. The average molecular weight is 524 g/mol. The van der Waals surface area contributed by atoms with Crippen molar-refractivity contribution in [1.82, 2.24) is 0 Å². The molecule has 0 fully saturated rings. The van der Waals surface area contributed by atoms with Crippen molar-refractivity contribution in [2.75, 3.05) is 0 Å². The second-order valence-electron chi connectivity index (χ2n) is 5.46. The van der Waals surface area contributed by atoms with E-state index in [1.807, 2.05) is 72.8 Å². The van der Waals surface area contributed by atoms with Gasteiger partial charge in [-0.1, -0.05) is 0 Å². The maximum atomic E-state index is 10.9. The van der Waals surface area contributed by atoms with Crippen LogP contribution in [0.1, 0.15) is 31.1 Å². The number of carbonyl (C=O) groups is 3. The number of benzene rings is 3. The van der Waals surface area contributed by atoms with Crippen molar-refractivity contribution in [1.29, 1.82) is 0 Å². The number of hydrogen-bond donors (Lipinski definition) is 0. The Morgan fingerprint density at radius 2 is 0.680 bits per heavy atom. The van der Waals surface area contributed by atoms with Crippen LogP contribution in [-0.2, 0) is 0 Å². The molecule has 0 spiro atoms. The molecule has 3 aromatic carbocycles. The van der Waals surface area contributed by atoms with E-state index in [1.165, 1.54) is 9.81 Å². The fraction of sp³-hybridized carbons (Fsp3) is 0. The van der Waals surface area contributed by atoms with Gasteiger partial charge in [0.2, 0.25) is 0 Å². The number of rotatable bonds is 6. The van der Waals surface area contributed by atoms with Gasteiger partial charge >= 0.3 is 154 Å². The Bertz CT molecular complexity index is 759. The molecular weight excluding hydrogens is 509 g/mol. The van der Waals surface area contributed by atoms with E-state index in [0.29, 0.717) is 16.7 Å². The molecule has 0 aromatic heterocycles. The van der Waals surface area contributed by atoms with Crippen molar-refractivity contribution < 1.29 is 14.4 Å². The van der Waals surface area contributed by atoms with Crippen molar-refractivity contribution in [3.8, 4) is 0 Å². The quantitative estimate of drug-likeness (QED) is 0.364. The Labute approximate surface area is 154 Å². The zero-order valence-corrected chi connectivity index (χ0v) is 16.8. The van der Waals surface area contributed by atoms with Gasteiger partial charge in [-0.15, -0.1) is 0 Å². The fourth-order valence-electron chi connectivity index (χ4n) is 2.55. The van der Waals surface area contributed by atoms with Crippen LogP contribution in [0.4, 0.5) is 0 Å². The molecule has 0 heterocycles. The van der Waals surface area contributed by atoms with Crippen LogP contribution in [-0.4, -0.2) is 40.6 Å². The summed E-state index contributed by atoms with van der Waals surface area (Å²) >= 11 is -2.54. The molecule has 25 heavy (non-hydrogen) atoms. The van der Waals surface area contributed by atoms with Crippen LogP contribution in [0.2, 0.25) is 0 Å². The number of hydrogen-bond acceptors (Lipinski definition) is 3. The third-order valence-electron chi connectivity index (χ3n) is 3.86. The maximum absolute atomic E-state index is 10.9. The summed E-state index contributed by atoms with van der Waals surface area (Å²) in [5.41, 5.74) is 1.96. The van der Waals surface area contributed by atoms with Crippen LogP contribution in [0.5, 0.6) is 0 Å². The molecule has 3 rings (SSSR count). The molecule has 3 aromatic rings. The molecule has 4 heteroatoms. The van der Waals surface area contributed by atoms with Crippen LogP contribution < -0.4 is 9.81 Å². The van der Waals surface area contributed by atoms with Crippen LogP contribution in [0, 0.1) is 0 Å². The minimum atomic E-state index is -2.54. The predicted octanol–water partition coefficient (Wildman–Crippen LogP) is 1.64. The van der Waals surface area contributed by atoms with E-state index >= 15 is 0 Å². The van der Waals surface area contributed by atoms with Gasteiger partial charge < -0.3 is 0 Å². The van der Waals surface area contributed by atoms with Crippen LogP contribution >= 0.6 is 0 Å². The Morgan fingerprint density at radius 1 is 0.440 bits per heavy atom. The second kappa shape index (κ2) is 8.09. The van der Waals surface area contributed by atoms with E-state index in [2.05, 4.69) is 0 Å². The van der Waals surface area contributed by atoms with Gasteiger partial charge in [-0.05, 0) is 0 Å². The van der Waals surface area contributed by atoms with E-state index in [4.69, 9.17) is 0 Å². The van der Waals surface area contributed by atoms with E-state index in [9.17, 15) is 14.4 Å². The number of carbonyl (C=O) groups excluding carboxylic acids is 3. The van der Waals surface area contributed by atoms with E-state index < -0.39 is 21.8 Å². The van der Waals surface area contributed by atoms with Crippen LogP contribution in [0.25, 0.3) is 0 Å². The molecule has 0 aliphatic carbocycles. The Hall–Kier alpha value is -2.45. The number of aldehydes is 3. The molecule has 0 aliphatic rings. The SMILES string of the molecule is O=Cc1cc[c]([Bi]([c]2ccc(C=O)cc2)[c]2ccc(C=O)cc2)cc1. The van der Waals surface area contributed by atoms with Gasteiger partial charge in [-0.3, -0.25) is 0 Å². The van der Waals surface area contributed by atoms with Crippen LogP contribution in [0.3, 0.4) is 0 Å². The molecule has 0 N–H and O–H groups in total. The molecule has 122 valence electrons. The molecule has 0 radical (unpaired) electrons. The summed E-state index contributed by atoms with van der Waals surface area (Å²) < 4.78 is 3.70. The van der Waals surface area contributed by atoms with Gasteiger partial charge in [0, 0.05) is 0 Å². The Kier molecular flexibility index (Phi) is 5.62. The summed E-state index contributed by atoms with van der Waals surface area (Å²) in [4.78, 5) is 32.8. The van der Waals surface area contributed by atoms with Crippen molar-refractivity contribution in [2.45, 2.75) is 0 Å². The summed E-state index contributed by atoms with van der Waals surface area (Å²) in [7, 11) is 0. The van der Waals surface area contributed by atoms with Gasteiger partial charge in [0.15, 0.2) is 0 Å². The van der Waals surface area contributed by atoms with Gasteiger partial charge in [0.05, 0.1) is 0 Å². The molecule has 0 unspecified atom stereocenters. The average Bonchev–Trinajstić information content (AvgIpc) is 2.70. The summed E-state index contributed by atoms with van der Waals surface area (Å²) in [5, 5.41) is 0. The van der Waals surface area contributed by atoms with Crippen molar-refractivity contribution in [2.24, 2.45) is 0 Å². The normalized spacial score (nSPS) is 10.4. The van der Waals surface area contributed by atoms with E-state index in [1.54, 1.807) is 0 Å². The van der Waals surface area contributed by atoms with E-state index in [0.717, 1.165) is 18.9 Å². The third-order valence-corrected chi connectivity index (χ3v) is 13.4. The Balaban J connectivity index is 2.09. The van der Waals surface area contributed by atoms with Crippen molar-refractivity contribution in [3.63, 3.8) is 0 Å². The summed E-state index contributed by atoms with van der Waals surface area (Å²) in [5.74, 6) is 0. The van der Waals surface area contributed by atoms with Gasteiger partial charge in [0.1, 0.15) is 0 Å². The molecule has 0 bridgehead atoms. The Morgan fingerprint density at radius 3 is 0.880 bits per heavy atom. The van der Waals surface area contributed by atoms with Gasteiger partial charge in [0.25, 0.3) is 0 Å². The van der Waals surface area contributed by atoms with Gasteiger partial charge in [-0.2, -0.15) is 0 Å². The standard InChI is InChI=1S/3C7H5O.Bi/c3*8-6-7-4-2-1-3-5-7;/h3*2-6H;. The summed E-state index contributed by atoms with van der Waals surface area (Å²) in [6.45, 7) is 0. The first-order valence-electron chi connectivity index (χ1n) is 7.71. The molecule has 0 atom stereocenters. The van der Waals surface area contributed by atoms with Gasteiger partial charge in [-0.25, -0.2) is 0 Å². The zero-order valence-electron chi connectivity index (χ0n) is 13.3. The molecule has 0 amide bonds. The molecule has 0 saturated heterocycles. The first-order chi connectivity index (χ1) is 12.2. The van der Waals surface area contributed by atoms with Crippen molar-refractivity contribution in [3.05, 3.63) is 89.5 Å². The van der Waals surface area contributed by atoms with E-state index in [-0.39, 0.29) is 0 Å². The molecule has 0 aliphatic heterocycles.